The fourth-order valence-corrected chi connectivity index (χ4v) is 2.70. The second-order valence-corrected chi connectivity index (χ2v) is 6.85. The molecule has 0 aliphatic heterocycles. The highest BCUT2D eigenvalue weighted by Crippen LogP contribution is 2.31. The van der Waals surface area contributed by atoms with Crippen molar-refractivity contribution in [2.75, 3.05) is 0 Å². The average molecular weight is 403 g/mol. The van der Waals surface area contributed by atoms with Gasteiger partial charge in [0.15, 0.2) is 0 Å². The molecule has 0 spiro atoms. The highest BCUT2D eigenvalue weighted by Gasteiger charge is 2.38. The van der Waals surface area contributed by atoms with Crippen molar-refractivity contribution in [1.29, 1.82) is 0 Å². The summed E-state index contributed by atoms with van der Waals surface area (Å²) in [4.78, 5) is 11.9. The van der Waals surface area contributed by atoms with Crippen LogP contribution in [0.5, 0.6) is 17.2 Å². The van der Waals surface area contributed by atoms with Crippen LogP contribution in [0.15, 0.2) is 72.8 Å². The molecular weight excluding hydrogens is 387 g/mol. The Morgan fingerprint density at radius 1 is 0.778 bits per heavy atom. The topological polar surface area (TPSA) is 55.8 Å². The first kappa shape index (κ1) is 19.1. The standard InChI is InChI=1S/C21H16Cl2O4/c1-21(20(24)25,27-19-12-6-16(23)7-13-19)14-2-8-17(9-3-14)26-18-10-4-15(22)5-11-18/h2-13H,1H3,(H,24,25). The van der Waals surface area contributed by atoms with Gasteiger partial charge in [0.25, 0.3) is 0 Å². The minimum absolute atomic E-state index is 0.408. The van der Waals surface area contributed by atoms with E-state index < -0.39 is 11.6 Å². The Bertz CT molecular complexity index is 922. The van der Waals surface area contributed by atoms with Gasteiger partial charge in [0.1, 0.15) is 17.2 Å². The van der Waals surface area contributed by atoms with E-state index >= 15 is 0 Å². The van der Waals surface area contributed by atoms with Gasteiger partial charge in [-0.2, -0.15) is 0 Å². The van der Waals surface area contributed by atoms with E-state index in [1.165, 1.54) is 6.92 Å². The number of halogens is 2. The fourth-order valence-electron chi connectivity index (χ4n) is 2.44. The van der Waals surface area contributed by atoms with E-state index in [4.69, 9.17) is 32.7 Å². The number of carboxylic acid groups (broad SMARTS) is 1. The third kappa shape index (κ3) is 4.54. The lowest BCUT2D eigenvalue weighted by Gasteiger charge is -2.27. The molecule has 3 aromatic rings. The summed E-state index contributed by atoms with van der Waals surface area (Å²) >= 11 is 11.7. The van der Waals surface area contributed by atoms with Crippen LogP contribution in [0.1, 0.15) is 12.5 Å². The Kier molecular flexibility index (Phi) is 5.59. The van der Waals surface area contributed by atoms with Gasteiger partial charge in [-0.15, -0.1) is 0 Å². The van der Waals surface area contributed by atoms with Crippen molar-refractivity contribution in [2.45, 2.75) is 12.5 Å². The van der Waals surface area contributed by atoms with Crippen LogP contribution < -0.4 is 9.47 Å². The first-order valence-corrected chi connectivity index (χ1v) is 8.84. The van der Waals surface area contributed by atoms with E-state index in [0.717, 1.165) is 0 Å². The molecule has 0 aliphatic rings. The third-order valence-corrected chi connectivity index (χ3v) is 4.50. The molecule has 138 valence electrons. The smallest absolute Gasteiger partial charge is 0.352 e. The second-order valence-electron chi connectivity index (χ2n) is 5.97. The molecule has 6 heteroatoms. The molecule has 1 N–H and O–H groups in total. The Labute approximate surface area is 166 Å². The maximum Gasteiger partial charge on any atom is 0.352 e. The summed E-state index contributed by atoms with van der Waals surface area (Å²) in [5.41, 5.74) is -1.08. The van der Waals surface area contributed by atoms with Crippen LogP contribution in [0.4, 0.5) is 0 Å². The van der Waals surface area contributed by atoms with Gasteiger partial charge >= 0.3 is 5.97 Å². The number of carboxylic acids is 1. The number of hydrogen-bond acceptors (Lipinski definition) is 3. The quantitative estimate of drug-likeness (QED) is 0.535. The van der Waals surface area contributed by atoms with E-state index in [2.05, 4.69) is 0 Å². The largest absolute Gasteiger partial charge is 0.478 e. The van der Waals surface area contributed by atoms with Gasteiger partial charge in [-0.05, 0) is 67.6 Å². The van der Waals surface area contributed by atoms with Gasteiger partial charge in [0, 0.05) is 15.6 Å². The number of benzene rings is 3. The van der Waals surface area contributed by atoms with Crippen LogP contribution in [-0.2, 0) is 10.4 Å². The lowest BCUT2D eigenvalue weighted by atomic mass is 9.95. The molecule has 0 saturated heterocycles. The molecule has 0 fully saturated rings. The minimum atomic E-state index is -1.56. The molecule has 0 heterocycles. The first-order chi connectivity index (χ1) is 12.9. The number of rotatable bonds is 6. The molecular formula is C21H16Cl2O4. The number of ether oxygens (including phenoxy) is 2. The van der Waals surface area contributed by atoms with Crippen LogP contribution >= 0.6 is 23.2 Å². The van der Waals surface area contributed by atoms with Crippen molar-refractivity contribution in [3.63, 3.8) is 0 Å². The summed E-state index contributed by atoms with van der Waals surface area (Å²) in [6.07, 6.45) is 0. The second kappa shape index (κ2) is 7.91. The average Bonchev–Trinajstić information content (AvgIpc) is 2.66. The van der Waals surface area contributed by atoms with E-state index in [0.29, 0.717) is 32.9 Å². The van der Waals surface area contributed by atoms with Crippen molar-refractivity contribution in [1.82, 2.24) is 0 Å². The van der Waals surface area contributed by atoms with Crippen LogP contribution in [0.2, 0.25) is 10.0 Å². The van der Waals surface area contributed by atoms with Crippen molar-refractivity contribution < 1.29 is 19.4 Å². The Morgan fingerprint density at radius 2 is 1.19 bits per heavy atom. The van der Waals surface area contributed by atoms with Gasteiger partial charge in [-0.3, -0.25) is 0 Å². The molecule has 0 bridgehead atoms. The summed E-state index contributed by atoms with van der Waals surface area (Å²) in [7, 11) is 0. The number of hydrogen-bond donors (Lipinski definition) is 1. The monoisotopic (exact) mass is 402 g/mol. The van der Waals surface area contributed by atoms with E-state index in [9.17, 15) is 9.90 Å². The lowest BCUT2D eigenvalue weighted by Crippen LogP contribution is -2.38. The van der Waals surface area contributed by atoms with Crippen LogP contribution in [0.25, 0.3) is 0 Å². The number of aliphatic carboxylic acids is 1. The molecule has 0 amide bonds. The normalized spacial score (nSPS) is 12.9. The molecule has 1 unspecified atom stereocenters. The molecule has 0 radical (unpaired) electrons. The Hall–Kier alpha value is -2.69. The molecule has 0 saturated carbocycles. The minimum Gasteiger partial charge on any atom is -0.478 e. The summed E-state index contributed by atoms with van der Waals surface area (Å²) in [5, 5.41) is 10.9. The SMILES string of the molecule is CC(Oc1ccc(Cl)cc1)(C(=O)O)c1ccc(Oc2ccc(Cl)cc2)cc1. The highest BCUT2D eigenvalue weighted by atomic mass is 35.5. The molecule has 1 atom stereocenters. The van der Waals surface area contributed by atoms with Crippen LogP contribution in [0.3, 0.4) is 0 Å². The van der Waals surface area contributed by atoms with Gasteiger partial charge in [-0.1, -0.05) is 35.3 Å². The van der Waals surface area contributed by atoms with E-state index in [1.807, 2.05) is 0 Å². The summed E-state index contributed by atoms with van der Waals surface area (Å²) in [6.45, 7) is 1.50. The maximum absolute atomic E-state index is 11.9. The fraction of sp³-hybridized carbons (Fsp3) is 0.0952. The van der Waals surface area contributed by atoms with Crippen LogP contribution in [0, 0.1) is 0 Å². The third-order valence-electron chi connectivity index (χ3n) is 4.00. The predicted molar refractivity (Wildman–Crippen MR) is 105 cm³/mol. The zero-order chi connectivity index (χ0) is 19.4. The molecule has 3 rings (SSSR count). The van der Waals surface area contributed by atoms with E-state index in [1.54, 1.807) is 72.8 Å². The molecule has 0 aliphatic carbocycles. The van der Waals surface area contributed by atoms with Crippen molar-refractivity contribution >= 4 is 29.2 Å². The molecule has 3 aromatic carbocycles. The molecule has 4 nitrogen and oxygen atoms in total. The lowest BCUT2D eigenvalue weighted by molar-refractivity contribution is -0.154. The first-order valence-electron chi connectivity index (χ1n) is 8.09. The van der Waals surface area contributed by atoms with E-state index in [-0.39, 0.29) is 0 Å². The summed E-state index contributed by atoms with van der Waals surface area (Å²) in [5.74, 6) is 0.500. The maximum atomic E-state index is 11.9. The molecule has 27 heavy (non-hydrogen) atoms. The van der Waals surface area contributed by atoms with Gasteiger partial charge in [0.05, 0.1) is 0 Å². The van der Waals surface area contributed by atoms with Crippen molar-refractivity contribution in [2.24, 2.45) is 0 Å². The van der Waals surface area contributed by atoms with Crippen molar-refractivity contribution in [3.05, 3.63) is 88.4 Å². The zero-order valence-corrected chi connectivity index (χ0v) is 15.9. The summed E-state index contributed by atoms with van der Waals surface area (Å²) in [6, 6.07) is 20.2. The van der Waals surface area contributed by atoms with Crippen molar-refractivity contribution in [3.8, 4) is 17.2 Å². The number of carbonyl (C=O) groups is 1. The highest BCUT2D eigenvalue weighted by molar-refractivity contribution is 6.30. The van der Waals surface area contributed by atoms with Gasteiger partial charge in [-0.25, -0.2) is 4.79 Å². The van der Waals surface area contributed by atoms with Gasteiger partial charge in [0.2, 0.25) is 5.60 Å². The Balaban J connectivity index is 1.82. The van der Waals surface area contributed by atoms with Crippen LogP contribution in [-0.4, -0.2) is 11.1 Å². The van der Waals surface area contributed by atoms with Gasteiger partial charge < -0.3 is 14.6 Å². The Morgan fingerprint density at radius 3 is 1.63 bits per heavy atom. The summed E-state index contributed by atoms with van der Waals surface area (Å²) < 4.78 is 11.5. The molecule has 0 aromatic heterocycles. The zero-order valence-electron chi connectivity index (χ0n) is 14.4. The predicted octanol–water partition coefficient (Wildman–Crippen LogP) is 6.16.